The van der Waals surface area contributed by atoms with E-state index in [9.17, 15) is 14.4 Å². The summed E-state index contributed by atoms with van der Waals surface area (Å²) >= 11 is 0. The maximum Gasteiger partial charge on any atom is 0.337 e. The molecule has 1 heterocycles. The van der Waals surface area contributed by atoms with Gasteiger partial charge in [-0.1, -0.05) is 0 Å². The Labute approximate surface area is 126 Å². The third-order valence-corrected chi connectivity index (χ3v) is 3.13. The lowest BCUT2D eigenvalue weighted by Gasteiger charge is -2.09. The summed E-state index contributed by atoms with van der Waals surface area (Å²) in [6, 6.07) is 7.54. The highest BCUT2D eigenvalue weighted by molar-refractivity contribution is 6.06. The first-order valence-electron chi connectivity index (χ1n) is 6.53. The molecule has 1 amide bonds. The van der Waals surface area contributed by atoms with Crippen LogP contribution in [-0.2, 0) is 4.74 Å². The monoisotopic (exact) mass is 301 g/mol. The number of methoxy groups -OCH3 is 1. The second-order valence-electron chi connectivity index (χ2n) is 4.70. The molecule has 0 bridgehead atoms. The molecule has 0 atom stereocenters. The summed E-state index contributed by atoms with van der Waals surface area (Å²) in [5, 5.41) is 2.69. The predicted molar refractivity (Wildman–Crippen MR) is 80.2 cm³/mol. The highest BCUT2D eigenvalue weighted by Crippen LogP contribution is 2.15. The van der Waals surface area contributed by atoms with Crippen LogP contribution >= 0.6 is 0 Å². The number of aryl methyl sites for hydroxylation is 2. The molecule has 2 aromatic rings. The molecule has 0 aliphatic rings. The van der Waals surface area contributed by atoms with Crippen LogP contribution in [0.4, 0.5) is 5.69 Å². The van der Waals surface area contributed by atoms with E-state index in [0.29, 0.717) is 22.4 Å². The number of rotatable bonds is 3. The zero-order valence-electron chi connectivity index (χ0n) is 12.4. The third kappa shape index (κ3) is 3.22. The lowest BCUT2D eigenvalue weighted by Crippen LogP contribution is -2.17. The summed E-state index contributed by atoms with van der Waals surface area (Å²) in [5.74, 6) is -0.576. The van der Waals surface area contributed by atoms with Crippen LogP contribution in [0, 0.1) is 13.8 Å². The Morgan fingerprint density at radius 2 is 1.77 bits per heavy atom. The maximum absolute atomic E-state index is 12.3. The molecule has 0 saturated heterocycles. The summed E-state index contributed by atoms with van der Waals surface area (Å²) in [6.07, 6.45) is 0. The summed E-state index contributed by atoms with van der Waals surface area (Å²) < 4.78 is 9.54. The van der Waals surface area contributed by atoms with E-state index in [-0.39, 0.29) is 11.7 Å². The Bertz CT molecular complexity index is 748. The van der Waals surface area contributed by atoms with Gasteiger partial charge in [0.05, 0.1) is 18.2 Å². The molecular weight excluding hydrogens is 286 g/mol. The molecule has 2 rings (SSSR count). The molecular formula is C16H15NO5. The maximum atomic E-state index is 12.3. The SMILES string of the molecule is COC(=O)c1ccc(NC(=O)c2c(C)cc(=O)oc2C)cc1. The second-order valence-corrected chi connectivity index (χ2v) is 4.70. The zero-order valence-corrected chi connectivity index (χ0v) is 12.4. The second kappa shape index (κ2) is 6.26. The zero-order chi connectivity index (χ0) is 16.3. The van der Waals surface area contributed by atoms with E-state index in [1.165, 1.54) is 13.2 Å². The third-order valence-electron chi connectivity index (χ3n) is 3.13. The highest BCUT2D eigenvalue weighted by Gasteiger charge is 2.15. The Balaban J connectivity index is 2.23. The largest absolute Gasteiger partial charge is 0.465 e. The van der Waals surface area contributed by atoms with Gasteiger partial charge in [-0.25, -0.2) is 9.59 Å². The van der Waals surface area contributed by atoms with Crippen molar-refractivity contribution in [2.45, 2.75) is 13.8 Å². The van der Waals surface area contributed by atoms with Gasteiger partial charge in [0.15, 0.2) is 0 Å². The Hall–Kier alpha value is -2.89. The first-order chi connectivity index (χ1) is 10.4. The molecule has 6 nitrogen and oxygen atoms in total. The summed E-state index contributed by atoms with van der Waals surface area (Å²) in [6.45, 7) is 3.23. The van der Waals surface area contributed by atoms with Gasteiger partial charge in [0, 0.05) is 11.8 Å². The fourth-order valence-electron chi connectivity index (χ4n) is 2.10. The minimum Gasteiger partial charge on any atom is -0.465 e. The predicted octanol–water partition coefficient (Wildman–Crippen LogP) is 2.30. The Kier molecular flexibility index (Phi) is 4.41. The first-order valence-corrected chi connectivity index (χ1v) is 6.53. The van der Waals surface area contributed by atoms with Crippen LogP contribution in [0.2, 0.25) is 0 Å². The van der Waals surface area contributed by atoms with Gasteiger partial charge in [-0.05, 0) is 43.7 Å². The number of esters is 1. The lowest BCUT2D eigenvalue weighted by molar-refractivity contribution is 0.0600. The molecule has 1 N–H and O–H groups in total. The van der Waals surface area contributed by atoms with Gasteiger partial charge >= 0.3 is 11.6 Å². The standard InChI is InChI=1S/C16H15NO5/c1-9-8-13(18)22-10(2)14(9)15(19)17-12-6-4-11(5-7-12)16(20)21-3/h4-8H,1-3H3,(H,17,19). The molecule has 0 unspecified atom stereocenters. The quantitative estimate of drug-likeness (QED) is 0.879. The van der Waals surface area contributed by atoms with Crippen LogP contribution in [-0.4, -0.2) is 19.0 Å². The average Bonchev–Trinajstić information content (AvgIpc) is 2.46. The van der Waals surface area contributed by atoms with Crippen molar-refractivity contribution < 1.29 is 18.7 Å². The number of anilines is 1. The van der Waals surface area contributed by atoms with Crippen molar-refractivity contribution in [3.05, 3.63) is 63.2 Å². The number of ether oxygens (including phenoxy) is 1. The van der Waals surface area contributed by atoms with E-state index >= 15 is 0 Å². The first kappa shape index (κ1) is 15.5. The van der Waals surface area contributed by atoms with Gasteiger partial charge in [0.1, 0.15) is 5.76 Å². The molecule has 1 aromatic heterocycles. The smallest absolute Gasteiger partial charge is 0.337 e. The Morgan fingerprint density at radius 1 is 1.14 bits per heavy atom. The fraction of sp³-hybridized carbons (Fsp3) is 0.188. The highest BCUT2D eigenvalue weighted by atomic mass is 16.5. The van der Waals surface area contributed by atoms with Crippen LogP contribution in [0.25, 0.3) is 0 Å². The van der Waals surface area contributed by atoms with Crippen molar-refractivity contribution in [1.82, 2.24) is 0 Å². The topological polar surface area (TPSA) is 85.6 Å². The fourth-order valence-corrected chi connectivity index (χ4v) is 2.10. The van der Waals surface area contributed by atoms with Gasteiger partial charge in [-0.3, -0.25) is 4.79 Å². The molecule has 0 fully saturated rings. The van der Waals surface area contributed by atoms with Crippen LogP contribution in [0.5, 0.6) is 0 Å². The van der Waals surface area contributed by atoms with Crippen molar-refractivity contribution in [3.8, 4) is 0 Å². The minimum absolute atomic E-state index is 0.258. The minimum atomic E-state index is -0.492. The summed E-state index contributed by atoms with van der Waals surface area (Å²) in [5.41, 5.74) is 1.27. The number of nitrogens with one attached hydrogen (secondary N) is 1. The van der Waals surface area contributed by atoms with E-state index in [1.54, 1.807) is 38.1 Å². The number of hydrogen-bond donors (Lipinski definition) is 1. The summed E-state index contributed by atoms with van der Waals surface area (Å²) in [7, 11) is 1.30. The molecule has 114 valence electrons. The van der Waals surface area contributed by atoms with E-state index < -0.39 is 11.6 Å². The van der Waals surface area contributed by atoms with Gasteiger partial charge in [-0.2, -0.15) is 0 Å². The molecule has 0 spiro atoms. The van der Waals surface area contributed by atoms with Crippen molar-refractivity contribution in [1.29, 1.82) is 0 Å². The van der Waals surface area contributed by atoms with Crippen LogP contribution in [0.15, 0.2) is 39.5 Å². The van der Waals surface area contributed by atoms with E-state index in [0.717, 1.165) is 0 Å². The van der Waals surface area contributed by atoms with Crippen LogP contribution < -0.4 is 10.9 Å². The molecule has 1 aromatic carbocycles. The van der Waals surface area contributed by atoms with Crippen LogP contribution in [0.3, 0.4) is 0 Å². The van der Waals surface area contributed by atoms with Crippen LogP contribution in [0.1, 0.15) is 32.0 Å². The summed E-state index contributed by atoms with van der Waals surface area (Å²) in [4.78, 5) is 34.8. The number of amides is 1. The van der Waals surface area contributed by atoms with E-state index in [4.69, 9.17) is 4.42 Å². The van der Waals surface area contributed by atoms with E-state index in [2.05, 4.69) is 10.1 Å². The number of carbonyl (C=O) groups is 2. The molecule has 22 heavy (non-hydrogen) atoms. The molecule has 0 saturated carbocycles. The molecule has 0 aliphatic heterocycles. The lowest BCUT2D eigenvalue weighted by atomic mass is 10.1. The molecule has 0 aliphatic carbocycles. The molecule has 6 heteroatoms. The Morgan fingerprint density at radius 3 is 2.32 bits per heavy atom. The van der Waals surface area contributed by atoms with Gasteiger partial charge in [0.2, 0.25) is 0 Å². The van der Waals surface area contributed by atoms with Crippen molar-refractivity contribution in [2.24, 2.45) is 0 Å². The number of carbonyl (C=O) groups excluding carboxylic acids is 2. The van der Waals surface area contributed by atoms with Crippen molar-refractivity contribution >= 4 is 17.6 Å². The molecule has 0 radical (unpaired) electrons. The van der Waals surface area contributed by atoms with Gasteiger partial charge < -0.3 is 14.5 Å². The van der Waals surface area contributed by atoms with E-state index in [1.807, 2.05) is 0 Å². The van der Waals surface area contributed by atoms with Crippen molar-refractivity contribution in [2.75, 3.05) is 12.4 Å². The number of hydrogen-bond acceptors (Lipinski definition) is 5. The average molecular weight is 301 g/mol. The van der Waals surface area contributed by atoms with Gasteiger partial charge in [0.25, 0.3) is 5.91 Å². The van der Waals surface area contributed by atoms with Gasteiger partial charge in [-0.15, -0.1) is 0 Å². The normalized spacial score (nSPS) is 10.1. The number of benzene rings is 1. The van der Waals surface area contributed by atoms with Crippen molar-refractivity contribution in [3.63, 3.8) is 0 Å².